The Morgan fingerprint density at radius 1 is 1.19 bits per heavy atom. The van der Waals surface area contributed by atoms with E-state index < -0.39 is 0 Å². The van der Waals surface area contributed by atoms with Gasteiger partial charge in [0.15, 0.2) is 0 Å². The minimum absolute atomic E-state index is 0.458. The van der Waals surface area contributed by atoms with E-state index in [2.05, 4.69) is 56.4 Å². The molecular weight excluding hydrogens is 214 g/mol. The third-order valence-electron chi connectivity index (χ3n) is 2.70. The van der Waals surface area contributed by atoms with Gasteiger partial charge in [0.25, 0.3) is 0 Å². The number of fused-ring (bicyclic) bond motifs is 1. The van der Waals surface area contributed by atoms with Gasteiger partial charge in [-0.25, -0.2) is 0 Å². The smallest absolute Gasteiger partial charge is 0.0386 e. The zero-order valence-corrected chi connectivity index (χ0v) is 11.0. The van der Waals surface area contributed by atoms with Crippen LogP contribution < -0.4 is 5.32 Å². The highest BCUT2D eigenvalue weighted by Crippen LogP contribution is 2.29. The Bertz CT molecular complexity index is 425. The third kappa shape index (κ3) is 2.63. The second kappa shape index (κ2) is 4.98. The van der Waals surface area contributed by atoms with E-state index in [0.717, 1.165) is 6.54 Å². The lowest BCUT2D eigenvalue weighted by Crippen LogP contribution is -2.22. The molecule has 1 aromatic carbocycles. The first-order chi connectivity index (χ1) is 7.66. The van der Waals surface area contributed by atoms with E-state index in [1.54, 1.807) is 0 Å². The lowest BCUT2D eigenvalue weighted by molar-refractivity contribution is 0.500. The maximum Gasteiger partial charge on any atom is 0.0386 e. The Morgan fingerprint density at radius 3 is 2.62 bits per heavy atom. The summed E-state index contributed by atoms with van der Waals surface area (Å²) >= 11 is 1.89. The second-order valence-corrected chi connectivity index (χ2v) is 5.83. The fraction of sp³-hybridized carbons (Fsp3) is 0.429. The van der Waals surface area contributed by atoms with E-state index in [1.807, 2.05) is 11.3 Å². The summed E-state index contributed by atoms with van der Waals surface area (Å²) in [6.07, 6.45) is 0. The van der Waals surface area contributed by atoms with Crippen molar-refractivity contribution in [3.05, 3.63) is 35.2 Å². The summed E-state index contributed by atoms with van der Waals surface area (Å²) < 4.78 is 1.38. The van der Waals surface area contributed by atoms with Gasteiger partial charge in [0.05, 0.1) is 0 Å². The largest absolute Gasteiger partial charge is 0.309 e. The Kier molecular flexibility index (Phi) is 3.62. The van der Waals surface area contributed by atoms with Crippen molar-refractivity contribution in [2.75, 3.05) is 6.54 Å². The monoisotopic (exact) mass is 233 g/mol. The van der Waals surface area contributed by atoms with Crippen LogP contribution in [0.1, 0.15) is 31.7 Å². The van der Waals surface area contributed by atoms with Crippen LogP contribution in [0.4, 0.5) is 0 Å². The van der Waals surface area contributed by atoms with E-state index in [9.17, 15) is 0 Å². The molecule has 16 heavy (non-hydrogen) atoms. The van der Waals surface area contributed by atoms with E-state index in [0.29, 0.717) is 12.0 Å². The molecule has 2 heteroatoms. The summed E-state index contributed by atoms with van der Waals surface area (Å²) in [5.41, 5.74) is 0. The highest BCUT2D eigenvalue weighted by Gasteiger charge is 2.09. The molecule has 1 N–H and O–H groups in total. The molecule has 0 bridgehead atoms. The zero-order chi connectivity index (χ0) is 11.5. The molecule has 0 spiro atoms. The highest BCUT2D eigenvalue weighted by molar-refractivity contribution is 7.19. The number of nitrogens with one attached hydrogen (secondary N) is 1. The van der Waals surface area contributed by atoms with Crippen molar-refractivity contribution in [1.29, 1.82) is 0 Å². The molecule has 0 saturated heterocycles. The molecule has 2 rings (SSSR count). The quantitative estimate of drug-likeness (QED) is 0.834. The van der Waals surface area contributed by atoms with Crippen LogP contribution in [0.2, 0.25) is 0 Å². The number of thiophene rings is 1. The van der Waals surface area contributed by atoms with Crippen LogP contribution >= 0.6 is 11.3 Å². The van der Waals surface area contributed by atoms with Crippen molar-refractivity contribution in [2.24, 2.45) is 5.92 Å². The van der Waals surface area contributed by atoms with Gasteiger partial charge in [-0.15, -0.1) is 11.3 Å². The van der Waals surface area contributed by atoms with Crippen molar-refractivity contribution >= 4 is 21.4 Å². The van der Waals surface area contributed by atoms with Gasteiger partial charge in [0.1, 0.15) is 0 Å². The minimum atomic E-state index is 0.458. The fourth-order valence-electron chi connectivity index (χ4n) is 1.73. The van der Waals surface area contributed by atoms with Crippen molar-refractivity contribution in [3.63, 3.8) is 0 Å². The highest BCUT2D eigenvalue weighted by atomic mass is 32.1. The summed E-state index contributed by atoms with van der Waals surface area (Å²) in [6.45, 7) is 7.80. The standard InChI is InChI=1S/C14H19NS/c1-10(2)9-15-11(3)14-8-12-6-4-5-7-13(12)16-14/h4-8,10-11,15H,9H2,1-3H3. The molecular formula is C14H19NS. The van der Waals surface area contributed by atoms with Crippen molar-refractivity contribution < 1.29 is 0 Å². The van der Waals surface area contributed by atoms with Gasteiger partial charge in [-0.3, -0.25) is 0 Å². The van der Waals surface area contributed by atoms with Crippen LogP contribution in [0.5, 0.6) is 0 Å². The molecule has 0 aliphatic heterocycles. The molecule has 1 atom stereocenters. The Labute approximate surface area is 101 Å². The first kappa shape index (κ1) is 11.6. The predicted molar refractivity (Wildman–Crippen MR) is 73.1 cm³/mol. The van der Waals surface area contributed by atoms with Crippen LogP contribution in [-0.2, 0) is 0 Å². The predicted octanol–water partition coefficient (Wildman–Crippen LogP) is 4.21. The molecule has 0 aliphatic rings. The molecule has 0 amide bonds. The molecule has 1 heterocycles. The number of rotatable bonds is 4. The van der Waals surface area contributed by atoms with Gasteiger partial charge < -0.3 is 5.32 Å². The molecule has 1 aromatic heterocycles. The van der Waals surface area contributed by atoms with Crippen molar-refractivity contribution in [2.45, 2.75) is 26.8 Å². The zero-order valence-electron chi connectivity index (χ0n) is 10.2. The number of hydrogen-bond acceptors (Lipinski definition) is 2. The molecule has 1 nitrogen and oxygen atoms in total. The second-order valence-electron chi connectivity index (χ2n) is 4.71. The van der Waals surface area contributed by atoms with Gasteiger partial charge in [0.2, 0.25) is 0 Å². The van der Waals surface area contributed by atoms with Crippen LogP contribution in [0.25, 0.3) is 10.1 Å². The van der Waals surface area contributed by atoms with Gasteiger partial charge in [0, 0.05) is 15.6 Å². The van der Waals surface area contributed by atoms with Gasteiger partial charge in [-0.2, -0.15) is 0 Å². The van der Waals surface area contributed by atoms with Crippen LogP contribution in [0, 0.1) is 5.92 Å². The van der Waals surface area contributed by atoms with Crippen LogP contribution in [-0.4, -0.2) is 6.54 Å². The molecule has 1 unspecified atom stereocenters. The van der Waals surface area contributed by atoms with Crippen LogP contribution in [0.15, 0.2) is 30.3 Å². The first-order valence-corrected chi connectivity index (χ1v) is 6.70. The molecule has 86 valence electrons. The Morgan fingerprint density at radius 2 is 1.94 bits per heavy atom. The van der Waals surface area contributed by atoms with E-state index >= 15 is 0 Å². The minimum Gasteiger partial charge on any atom is -0.309 e. The number of hydrogen-bond donors (Lipinski definition) is 1. The van der Waals surface area contributed by atoms with E-state index in [-0.39, 0.29) is 0 Å². The lowest BCUT2D eigenvalue weighted by atomic mass is 10.2. The van der Waals surface area contributed by atoms with Crippen molar-refractivity contribution in [3.8, 4) is 0 Å². The molecule has 2 aromatic rings. The first-order valence-electron chi connectivity index (χ1n) is 5.88. The molecule has 0 fully saturated rings. The number of benzene rings is 1. The van der Waals surface area contributed by atoms with Gasteiger partial charge >= 0.3 is 0 Å². The average molecular weight is 233 g/mol. The van der Waals surface area contributed by atoms with Gasteiger partial charge in [-0.1, -0.05) is 32.0 Å². The summed E-state index contributed by atoms with van der Waals surface area (Å²) in [4.78, 5) is 1.43. The maximum atomic E-state index is 3.57. The summed E-state index contributed by atoms with van der Waals surface area (Å²) in [5.74, 6) is 0.705. The summed E-state index contributed by atoms with van der Waals surface area (Å²) in [7, 11) is 0. The van der Waals surface area contributed by atoms with E-state index in [4.69, 9.17) is 0 Å². The maximum absolute atomic E-state index is 3.57. The van der Waals surface area contributed by atoms with E-state index in [1.165, 1.54) is 15.0 Å². The van der Waals surface area contributed by atoms with Gasteiger partial charge in [-0.05, 0) is 36.9 Å². The lowest BCUT2D eigenvalue weighted by Gasteiger charge is -2.13. The summed E-state index contributed by atoms with van der Waals surface area (Å²) in [5, 5.41) is 4.93. The fourth-order valence-corrected chi connectivity index (χ4v) is 2.82. The molecule has 0 aliphatic carbocycles. The Hall–Kier alpha value is -0.860. The Balaban J connectivity index is 2.13. The topological polar surface area (TPSA) is 12.0 Å². The van der Waals surface area contributed by atoms with Crippen molar-refractivity contribution in [1.82, 2.24) is 5.32 Å². The average Bonchev–Trinajstić information content (AvgIpc) is 2.69. The van der Waals surface area contributed by atoms with Crippen LogP contribution in [0.3, 0.4) is 0 Å². The SMILES string of the molecule is CC(C)CNC(C)c1cc2ccccc2s1. The summed E-state index contributed by atoms with van der Waals surface area (Å²) in [6, 6.07) is 11.3. The normalized spacial score (nSPS) is 13.5. The third-order valence-corrected chi connectivity index (χ3v) is 4.00. The molecule has 0 radical (unpaired) electrons. The molecule has 0 saturated carbocycles.